The van der Waals surface area contributed by atoms with Crippen LogP contribution in [0.25, 0.3) is 0 Å². The molecule has 1 aliphatic rings. The summed E-state index contributed by atoms with van der Waals surface area (Å²) in [6.45, 7) is 1.96. The van der Waals surface area contributed by atoms with Gasteiger partial charge in [-0.1, -0.05) is 19.4 Å². The van der Waals surface area contributed by atoms with Gasteiger partial charge < -0.3 is 5.11 Å². The molecule has 0 radical (unpaired) electrons. The Hall–Kier alpha value is -1.13. The van der Waals surface area contributed by atoms with Gasteiger partial charge in [0.1, 0.15) is 11.9 Å². The van der Waals surface area contributed by atoms with E-state index in [1.807, 2.05) is 6.92 Å². The van der Waals surface area contributed by atoms with Gasteiger partial charge in [-0.25, -0.2) is 4.39 Å². The number of hydrogen-bond acceptors (Lipinski definition) is 2. The lowest BCUT2D eigenvalue weighted by Gasteiger charge is -2.20. The van der Waals surface area contributed by atoms with Crippen LogP contribution in [0, 0.1) is 5.82 Å². The minimum Gasteiger partial charge on any atom is -0.480 e. The van der Waals surface area contributed by atoms with Gasteiger partial charge in [0, 0.05) is 6.04 Å². The SMILES string of the molecule is CCCC(NC1CCc2ccc(F)cc21)C(=O)O.Cl. The molecule has 1 aromatic carbocycles. The molecular formula is C14H19ClFNO2. The van der Waals surface area contributed by atoms with E-state index in [9.17, 15) is 9.18 Å². The van der Waals surface area contributed by atoms with Crippen molar-refractivity contribution >= 4 is 18.4 Å². The lowest BCUT2D eigenvalue weighted by atomic mass is 10.1. The summed E-state index contributed by atoms with van der Waals surface area (Å²) >= 11 is 0. The summed E-state index contributed by atoms with van der Waals surface area (Å²) in [5.74, 6) is -1.09. The van der Waals surface area contributed by atoms with E-state index in [0.717, 1.165) is 30.4 Å². The van der Waals surface area contributed by atoms with Gasteiger partial charge >= 0.3 is 5.97 Å². The van der Waals surface area contributed by atoms with Gasteiger partial charge in [-0.15, -0.1) is 12.4 Å². The molecule has 1 aromatic rings. The fraction of sp³-hybridized carbons (Fsp3) is 0.500. The van der Waals surface area contributed by atoms with E-state index in [0.29, 0.717) is 6.42 Å². The maximum atomic E-state index is 13.2. The Kier molecular flexibility index (Phi) is 5.76. The average Bonchev–Trinajstić information content (AvgIpc) is 2.71. The molecule has 2 N–H and O–H groups in total. The highest BCUT2D eigenvalue weighted by Gasteiger charge is 2.27. The van der Waals surface area contributed by atoms with Crippen molar-refractivity contribution in [3.05, 3.63) is 35.1 Å². The zero-order valence-electron chi connectivity index (χ0n) is 10.9. The minimum atomic E-state index is -0.832. The summed E-state index contributed by atoms with van der Waals surface area (Å²) in [5.41, 5.74) is 2.03. The van der Waals surface area contributed by atoms with Crippen LogP contribution >= 0.6 is 12.4 Å². The predicted octanol–water partition coefficient (Wildman–Crippen LogP) is 3.08. The zero-order chi connectivity index (χ0) is 13.1. The largest absolute Gasteiger partial charge is 0.480 e. The molecule has 0 spiro atoms. The fourth-order valence-electron chi connectivity index (χ4n) is 2.56. The van der Waals surface area contributed by atoms with Gasteiger partial charge in [0.25, 0.3) is 0 Å². The number of benzene rings is 1. The molecule has 106 valence electrons. The number of aryl methyl sites for hydroxylation is 1. The first kappa shape index (κ1) is 15.9. The van der Waals surface area contributed by atoms with Gasteiger partial charge in [0.15, 0.2) is 0 Å². The maximum Gasteiger partial charge on any atom is 0.320 e. The topological polar surface area (TPSA) is 49.3 Å². The summed E-state index contributed by atoms with van der Waals surface area (Å²) in [4.78, 5) is 11.1. The molecule has 0 fully saturated rings. The van der Waals surface area contributed by atoms with E-state index >= 15 is 0 Å². The molecule has 19 heavy (non-hydrogen) atoms. The van der Waals surface area contributed by atoms with Crippen LogP contribution in [0.5, 0.6) is 0 Å². The van der Waals surface area contributed by atoms with Gasteiger partial charge in [-0.3, -0.25) is 10.1 Å². The van der Waals surface area contributed by atoms with Crippen LogP contribution in [-0.4, -0.2) is 17.1 Å². The van der Waals surface area contributed by atoms with Crippen LogP contribution in [0.4, 0.5) is 4.39 Å². The summed E-state index contributed by atoms with van der Waals surface area (Å²) in [6, 6.07) is 4.19. The molecule has 2 rings (SSSR count). The van der Waals surface area contributed by atoms with Crippen LogP contribution < -0.4 is 5.32 Å². The number of fused-ring (bicyclic) bond motifs is 1. The first-order valence-corrected chi connectivity index (χ1v) is 6.39. The van der Waals surface area contributed by atoms with Crippen molar-refractivity contribution in [1.29, 1.82) is 0 Å². The standard InChI is InChI=1S/C14H18FNO2.ClH/c1-2-3-13(14(17)18)16-12-7-5-9-4-6-10(15)8-11(9)12;/h4,6,8,12-13,16H,2-3,5,7H2,1H3,(H,17,18);1H. The molecule has 0 saturated heterocycles. The highest BCUT2D eigenvalue weighted by atomic mass is 35.5. The first-order valence-electron chi connectivity index (χ1n) is 6.39. The van der Waals surface area contributed by atoms with Crippen LogP contribution in [0.1, 0.15) is 43.4 Å². The number of hydrogen-bond donors (Lipinski definition) is 2. The Labute approximate surface area is 118 Å². The van der Waals surface area contributed by atoms with E-state index in [-0.39, 0.29) is 24.3 Å². The van der Waals surface area contributed by atoms with Gasteiger partial charge in [0.05, 0.1) is 0 Å². The second-order valence-electron chi connectivity index (χ2n) is 4.78. The van der Waals surface area contributed by atoms with E-state index < -0.39 is 12.0 Å². The van der Waals surface area contributed by atoms with Crippen molar-refractivity contribution in [2.24, 2.45) is 0 Å². The second kappa shape index (κ2) is 6.87. The zero-order valence-corrected chi connectivity index (χ0v) is 11.7. The third-order valence-corrected chi connectivity index (χ3v) is 3.46. The predicted molar refractivity (Wildman–Crippen MR) is 74.2 cm³/mol. The Balaban J connectivity index is 0.00000180. The molecular weight excluding hydrogens is 269 g/mol. The lowest BCUT2D eigenvalue weighted by Crippen LogP contribution is -2.38. The Morgan fingerprint density at radius 1 is 1.58 bits per heavy atom. The molecule has 0 amide bonds. The summed E-state index contributed by atoms with van der Waals surface area (Å²) in [7, 11) is 0. The molecule has 2 atom stereocenters. The van der Waals surface area contributed by atoms with E-state index in [2.05, 4.69) is 5.32 Å². The summed E-state index contributed by atoms with van der Waals surface area (Å²) in [5, 5.41) is 12.3. The minimum absolute atomic E-state index is 0. The molecule has 0 aliphatic heterocycles. The van der Waals surface area contributed by atoms with Gasteiger partial charge in [0.2, 0.25) is 0 Å². The Morgan fingerprint density at radius 2 is 2.32 bits per heavy atom. The highest BCUT2D eigenvalue weighted by molar-refractivity contribution is 5.85. The van der Waals surface area contributed by atoms with Crippen molar-refractivity contribution < 1.29 is 14.3 Å². The van der Waals surface area contributed by atoms with Crippen LogP contribution in [0.2, 0.25) is 0 Å². The van der Waals surface area contributed by atoms with Gasteiger partial charge in [-0.05, 0) is 42.5 Å². The smallest absolute Gasteiger partial charge is 0.320 e. The molecule has 5 heteroatoms. The van der Waals surface area contributed by atoms with Crippen molar-refractivity contribution in [1.82, 2.24) is 5.32 Å². The molecule has 2 unspecified atom stereocenters. The Bertz CT molecular complexity index is 453. The number of nitrogens with one attached hydrogen (secondary N) is 1. The molecule has 3 nitrogen and oxygen atoms in total. The van der Waals surface area contributed by atoms with Crippen LogP contribution in [0.3, 0.4) is 0 Å². The summed E-state index contributed by atoms with van der Waals surface area (Å²) in [6.07, 6.45) is 3.13. The third-order valence-electron chi connectivity index (χ3n) is 3.46. The second-order valence-corrected chi connectivity index (χ2v) is 4.78. The maximum absolute atomic E-state index is 13.2. The highest BCUT2D eigenvalue weighted by Crippen LogP contribution is 2.32. The van der Waals surface area contributed by atoms with Crippen molar-refractivity contribution in [2.45, 2.75) is 44.7 Å². The van der Waals surface area contributed by atoms with Crippen molar-refractivity contribution in [2.75, 3.05) is 0 Å². The molecule has 0 aromatic heterocycles. The Morgan fingerprint density at radius 3 is 2.95 bits per heavy atom. The summed E-state index contributed by atoms with van der Waals surface area (Å²) < 4.78 is 13.2. The van der Waals surface area contributed by atoms with Crippen molar-refractivity contribution in [3.8, 4) is 0 Å². The molecule has 0 heterocycles. The van der Waals surface area contributed by atoms with Crippen LogP contribution in [-0.2, 0) is 11.2 Å². The van der Waals surface area contributed by atoms with Gasteiger partial charge in [-0.2, -0.15) is 0 Å². The number of carboxylic acids is 1. The monoisotopic (exact) mass is 287 g/mol. The van der Waals surface area contributed by atoms with E-state index in [4.69, 9.17) is 5.11 Å². The first-order chi connectivity index (χ1) is 8.61. The third kappa shape index (κ3) is 3.67. The molecule has 0 saturated carbocycles. The van der Waals surface area contributed by atoms with Crippen LogP contribution in [0.15, 0.2) is 18.2 Å². The quantitative estimate of drug-likeness (QED) is 0.875. The number of aliphatic carboxylic acids is 1. The molecule has 0 bridgehead atoms. The number of carbonyl (C=O) groups is 1. The number of carboxylic acid groups (broad SMARTS) is 1. The number of halogens is 2. The number of rotatable bonds is 5. The molecule has 1 aliphatic carbocycles. The van der Waals surface area contributed by atoms with E-state index in [1.54, 1.807) is 6.07 Å². The lowest BCUT2D eigenvalue weighted by molar-refractivity contribution is -0.139. The van der Waals surface area contributed by atoms with Crippen molar-refractivity contribution in [3.63, 3.8) is 0 Å². The average molecular weight is 288 g/mol. The van der Waals surface area contributed by atoms with E-state index in [1.165, 1.54) is 12.1 Å². The normalized spacial score (nSPS) is 18.5. The fourth-order valence-corrected chi connectivity index (χ4v) is 2.56.